The van der Waals surface area contributed by atoms with Gasteiger partial charge in [-0.1, -0.05) is 37.3 Å². The van der Waals surface area contributed by atoms with Gasteiger partial charge in [-0.15, -0.1) is 0 Å². The quantitative estimate of drug-likeness (QED) is 0.624. The zero-order valence-electron chi connectivity index (χ0n) is 11.5. The number of hydrogen-bond acceptors (Lipinski definition) is 4. The number of nitrogens with two attached hydrogens (primary N) is 1. The Morgan fingerprint density at radius 1 is 1.29 bits per heavy atom. The number of aliphatic carboxylic acids is 1. The van der Waals surface area contributed by atoms with Crippen molar-refractivity contribution in [2.45, 2.75) is 25.3 Å². The lowest BCUT2D eigenvalue weighted by atomic mass is 10.0. The average Bonchev–Trinajstić information content (AvgIpc) is 2.37. The first-order valence-corrected chi connectivity index (χ1v) is 7.92. The average molecular weight is 314 g/mol. The number of rotatable bonds is 8. The zero-order chi connectivity index (χ0) is 16.0. The third kappa shape index (κ3) is 5.92. The van der Waals surface area contributed by atoms with Crippen molar-refractivity contribution in [3.63, 3.8) is 0 Å². The van der Waals surface area contributed by atoms with Crippen LogP contribution in [0, 0.1) is 0 Å². The summed E-state index contributed by atoms with van der Waals surface area (Å²) in [7, 11) is -3.86. The molecule has 116 valence electrons. The Labute approximate surface area is 123 Å². The van der Waals surface area contributed by atoms with Crippen LogP contribution in [0.5, 0.6) is 0 Å². The van der Waals surface area contributed by atoms with Crippen molar-refractivity contribution in [1.29, 1.82) is 0 Å². The van der Waals surface area contributed by atoms with Gasteiger partial charge in [-0.05, 0) is 11.5 Å². The lowest BCUT2D eigenvalue weighted by Gasteiger charge is -2.16. The molecule has 0 bridgehead atoms. The Morgan fingerprint density at radius 3 is 2.33 bits per heavy atom. The van der Waals surface area contributed by atoms with Crippen molar-refractivity contribution in [2.75, 3.05) is 5.75 Å². The maximum Gasteiger partial charge on any atom is 0.322 e. The monoisotopic (exact) mass is 314 g/mol. The molecule has 0 aromatic heterocycles. The number of carboxylic acid groups (broad SMARTS) is 1. The standard InChI is InChI=1S/C13H18N2O5S/c1-9(10-5-3-2-4-6-10)8-21(19,20)15-11(13(17)18)7-12(14)16/h2-6,9,11,15H,7-8H2,1H3,(H2,14,16)(H,17,18)/t9?,11-/m0/s1. The van der Waals surface area contributed by atoms with E-state index in [1.807, 2.05) is 10.8 Å². The smallest absolute Gasteiger partial charge is 0.322 e. The van der Waals surface area contributed by atoms with Gasteiger partial charge in [0, 0.05) is 0 Å². The Balaban J connectivity index is 2.76. The van der Waals surface area contributed by atoms with E-state index in [9.17, 15) is 18.0 Å². The van der Waals surface area contributed by atoms with E-state index in [4.69, 9.17) is 10.8 Å². The van der Waals surface area contributed by atoms with E-state index in [-0.39, 0.29) is 11.7 Å². The number of amides is 1. The largest absolute Gasteiger partial charge is 0.480 e. The minimum Gasteiger partial charge on any atom is -0.480 e. The highest BCUT2D eigenvalue weighted by Crippen LogP contribution is 2.16. The molecule has 0 aliphatic heterocycles. The number of carbonyl (C=O) groups excluding carboxylic acids is 1. The number of carbonyl (C=O) groups is 2. The molecule has 0 saturated heterocycles. The molecule has 0 saturated carbocycles. The number of primary amides is 1. The van der Waals surface area contributed by atoms with Crippen molar-refractivity contribution >= 4 is 21.9 Å². The molecule has 0 heterocycles. The van der Waals surface area contributed by atoms with Crippen LogP contribution >= 0.6 is 0 Å². The second-order valence-electron chi connectivity index (χ2n) is 4.77. The second-order valence-corrected chi connectivity index (χ2v) is 6.57. The molecule has 1 amide bonds. The van der Waals surface area contributed by atoms with Crippen molar-refractivity contribution in [3.05, 3.63) is 35.9 Å². The van der Waals surface area contributed by atoms with E-state index >= 15 is 0 Å². The summed E-state index contributed by atoms with van der Waals surface area (Å²) in [5.41, 5.74) is 5.73. The van der Waals surface area contributed by atoms with Crippen LogP contribution in [0.15, 0.2) is 30.3 Å². The van der Waals surface area contributed by atoms with Crippen LogP contribution in [0.25, 0.3) is 0 Å². The summed E-state index contributed by atoms with van der Waals surface area (Å²) in [5, 5.41) is 8.90. The molecule has 21 heavy (non-hydrogen) atoms. The van der Waals surface area contributed by atoms with Gasteiger partial charge in [0.15, 0.2) is 0 Å². The van der Waals surface area contributed by atoms with Gasteiger partial charge in [0.2, 0.25) is 15.9 Å². The fourth-order valence-corrected chi connectivity index (χ4v) is 3.42. The number of carboxylic acids is 1. The van der Waals surface area contributed by atoms with E-state index in [1.165, 1.54) is 0 Å². The molecule has 8 heteroatoms. The number of nitrogens with one attached hydrogen (secondary N) is 1. The summed E-state index contributed by atoms with van der Waals surface area (Å²) in [6.45, 7) is 1.72. The molecule has 7 nitrogen and oxygen atoms in total. The van der Waals surface area contributed by atoms with Crippen molar-refractivity contribution in [2.24, 2.45) is 5.73 Å². The minimum absolute atomic E-state index is 0.278. The van der Waals surface area contributed by atoms with Gasteiger partial charge in [0.25, 0.3) is 0 Å². The molecule has 1 unspecified atom stereocenters. The highest BCUT2D eigenvalue weighted by molar-refractivity contribution is 7.89. The van der Waals surface area contributed by atoms with Gasteiger partial charge in [-0.3, -0.25) is 9.59 Å². The molecule has 4 N–H and O–H groups in total. The summed E-state index contributed by atoms with van der Waals surface area (Å²) in [6, 6.07) is 7.43. The summed E-state index contributed by atoms with van der Waals surface area (Å²) in [5.74, 6) is -2.92. The molecule has 0 radical (unpaired) electrons. The van der Waals surface area contributed by atoms with Crippen molar-refractivity contribution in [1.82, 2.24) is 4.72 Å². The molecule has 0 fully saturated rings. The van der Waals surface area contributed by atoms with E-state index in [1.54, 1.807) is 31.2 Å². The normalized spacial score (nSPS) is 14.3. The Bertz CT molecular complexity index is 600. The molecule has 0 aliphatic rings. The van der Waals surface area contributed by atoms with Gasteiger partial charge in [0.1, 0.15) is 6.04 Å². The van der Waals surface area contributed by atoms with E-state index in [0.29, 0.717) is 0 Å². The predicted molar refractivity (Wildman–Crippen MR) is 77.0 cm³/mol. The van der Waals surface area contributed by atoms with Gasteiger partial charge >= 0.3 is 5.97 Å². The van der Waals surface area contributed by atoms with E-state index in [0.717, 1.165) is 5.56 Å². The highest BCUT2D eigenvalue weighted by atomic mass is 32.2. The summed E-state index contributed by atoms with van der Waals surface area (Å²) < 4.78 is 26.0. The van der Waals surface area contributed by atoms with Crippen LogP contribution in [0.3, 0.4) is 0 Å². The van der Waals surface area contributed by atoms with Crippen LogP contribution < -0.4 is 10.5 Å². The van der Waals surface area contributed by atoms with Gasteiger partial charge in [0.05, 0.1) is 12.2 Å². The molecular weight excluding hydrogens is 296 g/mol. The lowest BCUT2D eigenvalue weighted by Crippen LogP contribution is -2.44. The molecule has 0 aliphatic carbocycles. The summed E-state index contributed by atoms with van der Waals surface area (Å²) in [4.78, 5) is 21.7. The fraction of sp³-hybridized carbons (Fsp3) is 0.385. The molecule has 1 aromatic carbocycles. The van der Waals surface area contributed by atoms with Crippen molar-refractivity contribution < 1.29 is 23.1 Å². The first-order chi connectivity index (χ1) is 9.71. The highest BCUT2D eigenvalue weighted by Gasteiger charge is 2.27. The Kier molecular flexibility index (Phi) is 5.86. The SMILES string of the molecule is CC(CS(=O)(=O)N[C@@H](CC(N)=O)C(=O)O)c1ccccc1. The predicted octanol–water partition coefficient (Wildman–Crippen LogP) is 0.0381. The van der Waals surface area contributed by atoms with Crippen LogP contribution in [0.1, 0.15) is 24.8 Å². The van der Waals surface area contributed by atoms with Crippen LogP contribution in [-0.4, -0.2) is 37.2 Å². The van der Waals surface area contributed by atoms with Gasteiger partial charge in [-0.25, -0.2) is 13.1 Å². The third-order valence-corrected chi connectivity index (χ3v) is 4.45. The van der Waals surface area contributed by atoms with Gasteiger partial charge in [-0.2, -0.15) is 0 Å². The fourth-order valence-electron chi connectivity index (χ4n) is 1.85. The lowest BCUT2D eigenvalue weighted by molar-refractivity contribution is -0.140. The van der Waals surface area contributed by atoms with Crippen LogP contribution in [0.4, 0.5) is 0 Å². The number of benzene rings is 1. The molecule has 1 rings (SSSR count). The van der Waals surface area contributed by atoms with Crippen LogP contribution in [0.2, 0.25) is 0 Å². The maximum absolute atomic E-state index is 12.0. The molecule has 0 spiro atoms. The number of hydrogen-bond donors (Lipinski definition) is 3. The Hall–Kier alpha value is -1.93. The summed E-state index contributed by atoms with van der Waals surface area (Å²) >= 11 is 0. The summed E-state index contributed by atoms with van der Waals surface area (Å²) in [6.07, 6.45) is -0.589. The molecule has 1 aromatic rings. The zero-order valence-corrected chi connectivity index (χ0v) is 12.3. The maximum atomic E-state index is 12.0. The number of sulfonamides is 1. The topological polar surface area (TPSA) is 127 Å². The van der Waals surface area contributed by atoms with Gasteiger partial charge < -0.3 is 10.8 Å². The minimum atomic E-state index is -3.86. The third-order valence-electron chi connectivity index (χ3n) is 2.86. The van der Waals surface area contributed by atoms with E-state index < -0.39 is 34.4 Å². The van der Waals surface area contributed by atoms with Crippen LogP contribution in [-0.2, 0) is 19.6 Å². The molecule has 2 atom stereocenters. The van der Waals surface area contributed by atoms with Crippen molar-refractivity contribution in [3.8, 4) is 0 Å². The molecular formula is C13H18N2O5S. The van der Waals surface area contributed by atoms with E-state index in [2.05, 4.69) is 0 Å². The second kappa shape index (κ2) is 7.19. The first-order valence-electron chi connectivity index (χ1n) is 6.27. The first kappa shape index (κ1) is 17.1. The Morgan fingerprint density at radius 2 is 1.86 bits per heavy atom.